The second-order valence-corrected chi connectivity index (χ2v) is 3.20. The van der Waals surface area contributed by atoms with Gasteiger partial charge in [-0.05, 0) is 23.6 Å². The molecule has 2 atom stereocenters. The molecule has 1 rings (SSSR count). The molecule has 0 saturated carbocycles. The van der Waals surface area contributed by atoms with Crippen LogP contribution in [0.15, 0.2) is 24.3 Å². The van der Waals surface area contributed by atoms with Crippen molar-refractivity contribution in [3.8, 4) is 5.75 Å². The number of aromatic hydroxyl groups is 1. The molecule has 2 unspecified atom stereocenters. The van der Waals surface area contributed by atoms with E-state index < -0.39 is 12.7 Å². The number of rotatable bonds is 3. The third-order valence-electron chi connectivity index (χ3n) is 2.24. The zero-order chi connectivity index (χ0) is 9.84. The minimum absolute atomic E-state index is 0.0226. The van der Waals surface area contributed by atoms with E-state index in [1.54, 1.807) is 24.3 Å². The lowest BCUT2D eigenvalue weighted by atomic mass is 9.95. The number of nitrogens with two attached hydrogens (primary N) is 1. The van der Waals surface area contributed by atoms with Crippen molar-refractivity contribution in [1.29, 1.82) is 0 Å². The molecule has 0 amide bonds. The highest BCUT2D eigenvalue weighted by Crippen LogP contribution is 2.20. The first-order chi connectivity index (χ1) is 6.15. The molecule has 1 aromatic rings. The largest absolute Gasteiger partial charge is 0.508 e. The second-order valence-electron chi connectivity index (χ2n) is 3.20. The lowest BCUT2D eigenvalue weighted by Gasteiger charge is -2.16. The Morgan fingerprint density at radius 2 is 1.92 bits per heavy atom. The number of alkyl halides is 1. The van der Waals surface area contributed by atoms with Gasteiger partial charge in [-0.2, -0.15) is 0 Å². The summed E-state index contributed by atoms with van der Waals surface area (Å²) < 4.78 is 12.2. The summed E-state index contributed by atoms with van der Waals surface area (Å²) >= 11 is 0. The Morgan fingerprint density at radius 1 is 1.38 bits per heavy atom. The van der Waals surface area contributed by atoms with Crippen molar-refractivity contribution in [2.75, 3.05) is 6.67 Å². The molecule has 72 valence electrons. The van der Waals surface area contributed by atoms with Crippen molar-refractivity contribution < 1.29 is 9.50 Å². The summed E-state index contributed by atoms with van der Waals surface area (Å²) in [6.45, 7) is 1.35. The Bertz CT molecular complexity index is 260. The number of halogens is 1. The fourth-order valence-electron chi connectivity index (χ4n) is 1.16. The van der Waals surface area contributed by atoms with Gasteiger partial charge in [0, 0.05) is 6.04 Å². The van der Waals surface area contributed by atoms with Crippen LogP contribution in [0.2, 0.25) is 0 Å². The Labute approximate surface area is 77.2 Å². The number of phenols is 1. The van der Waals surface area contributed by atoms with Gasteiger partial charge < -0.3 is 10.8 Å². The maximum atomic E-state index is 12.2. The third-order valence-corrected chi connectivity index (χ3v) is 2.24. The minimum Gasteiger partial charge on any atom is -0.508 e. The molecule has 0 saturated heterocycles. The molecule has 0 aliphatic carbocycles. The van der Waals surface area contributed by atoms with Gasteiger partial charge in [0.1, 0.15) is 12.4 Å². The van der Waals surface area contributed by atoms with Gasteiger partial charge in [0.25, 0.3) is 0 Å². The molecule has 0 fully saturated rings. The molecule has 3 heteroatoms. The van der Waals surface area contributed by atoms with Crippen LogP contribution in [0.25, 0.3) is 0 Å². The van der Waals surface area contributed by atoms with Gasteiger partial charge in [0.15, 0.2) is 0 Å². The molecule has 0 aliphatic heterocycles. The van der Waals surface area contributed by atoms with Gasteiger partial charge in [-0.3, -0.25) is 0 Å². The Kier molecular flexibility index (Phi) is 3.25. The van der Waals surface area contributed by atoms with E-state index in [9.17, 15) is 4.39 Å². The molecule has 0 bridgehead atoms. The predicted octanol–water partition coefficient (Wildman–Crippen LogP) is 1.79. The lowest BCUT2D eigenvalue weighted by Crippen LogP contribution is -2.28. The Balaban J connectivity index is 2.77. The SMILES string of the molecule is CC(c1ccc(O)cc1)C(N)CF. The number of hydrogen-bond donors (Lipinski definition) is 2. The number of phenolic OH excluding ortho intramolecular Hbond substituents is 1. The average molecular weight is 183 g/mol. The van der Waals surface area contributed by atoms with Crippen molar-refractivity contribution in [3.05, 3.63) is 29.8 Å². The highest BCUT2D eigenvalue weighted by molar-refractivity contribution is 5.28. The summed E-state index contributed by atoms with van der Waals surface area (Å²) in [5.41, 5.74) is 6.50. The van der Waals surface area contributed by atoms with Crippen molar-refractivity contribution in [2.24, 2.45) is 5.73 Å². The molecule has 0 spiro atoms. The monoisotopic (exact) mass is 183 g/mol. The quantitative estimate of drug-likeness (QED) is 0.750. The first kappa shape index (κ1) is 9.99. The van der Waals surface area contributed by atoms with E-state index in [1.165, 1.54) is 0 Å². The predicted molar refractivity (Wildman–Crippen MR) is 50.5 cm³/mol. The maximum Gasteiger partial charge on any atom is 0.115 e. The van der Waals surface area contributed by atoms with Crippen molar-refractivity contribution in [2.45, 2.75) is 18.9 Å². The van der Waals surface area contributed by atoms with Crippen molar-refractivity contribution in [3.63, 3.8) is 0 Å². The van der Waals surface area contributed by atoms with Gasteiger partial charge in [-0.1, -0.05) is 19.1 Å². The number of benzene rings is 1. The smallest absolute Gasteiger partial charge is 0.115 e. The Hall–Kier alpha value is -1.09. The van der Waals surface area contributed by atoms with Crippen LogP contribution in [0, 0.1) is 0 Å². The van der Waals surface area contributed by atoms with E-state index in [0.29, 0.717) is 0 Å². The fourth-order valence-corrected chi connectivity index (χ4v) is 1.16. The highest BCUT2D eigenvalue weighted by Gasteiger charge is 2.13. The van der Waals surface area contributed by atoms with Crippen LogP contribution in [0.3, 0.4) is 0 Å². The number of hydrogen-bond acceptors (Lipinski definition) is 2. The molecule has 1 aromatic carbocycles. The highest BCUT2D eigenvalue weighted by atomic mass is 19.1. The van der Waals surface area contributed by atoms with E-state index in [2.05, 4.69) is 0 Å². The van der Waals surface area contributed by atoms with Crippen LogP contribution >= 0.6 is 0 Å². The third kappa shape index (κ3) is 2.42. The molecular weight excluding hydrogens is 169 g/mol. The van der Waals surface area contributed by atoms with Crippen LogP contribution in [0.4, 0.5) is 4.39 Å². The molecule has 2 nitrogen and oxygen atoms in total. The van der Waals surface area contributed by atoms with Crippen LogP contribution in [0.1, 0.15) is 18.4 Å². The average Bonchev–Trinajstić information content (AvgIpc) is 2.17. The maximum absolute atomic E-state index is 12.2. The summed E-state index contributed by atoms with van der Waals surface area (Å²) in [6.07, 6.45) is 0. The first-order valence-corrected chi connectivity index (χ1v) is 4.25. The summed E-state index contributed by atoms with van der Waals surface area (Å²) in [5.74, 6) is 0.190. The van der Waals surface area contributed by atoms with Crippen LogP contribution in [-0.2, 0) is 0 Å². The molecule has 13 heavy (non-hydrogen) atoms. The zero-order valence-corrected chi connectivity index (χ0v) is 7.57. The summed E-state index contributed by atoms with van der Waals surface area (Å²) in [4.78, 5) is 0. The summed E-state index contributed by atoms with van der Waals surface area (Å²) in [6, 6.07) is 6.21. The van der Waals surface area contributed by atoms with Crippen LogP contribution in [0.5, 0.6) is 5.75 Å². The van der Waals surface area contributed by atoms with Gasteiger partial charge in [-0.25, -0.2) is 4.39 Å². The van der Waals surface area contributed by atoms with E-state index in [1.807, 2.05) is 6.92 Å². The summed E-state index contributed by atoms with van der Waals surface area (Å²) in [7, 11) is 0. The van der Waals surface area contributed by atoms with E-state index in [-0.39, 0.29) is 11.7 Å². The first-order valence-electron chi connectivity index (χ1n) is 4.25. The fraction of sp³-hybridized carbons (Fsp3) is 0.400. The van der Waals surface area contributed by atoms with Crippen LogP contribution in [-0.4, -0.2) is 17.8 Å². The lowest BCUT2D eigenvalue weighted by molar-refractivity contribution is 0.396. The zero-order valence-electron chi connectivity index (χ0n) is 7.57. The minimum atomic E-state index is -0.526. The Morgan fingerprint density at radius 3 is 2.38 bits per heavy atom. The second kappa shape index (κ2) is 4.23. The normalized spacial score (nSPS) is 15.3. The topological polar surface area (TPSA) is 46.2 Å². The van der Waals surface area contributed by atoms with Gasteiger partial charge in [0.2, 0.25) is 0 Å². The molecular formula is C10H14FNO. The van der Waals surface area contributed by atoms with Gasteiger partial charge >= 0.3 is 0 Å². The van der Waals surface area contributed by atoms with E-state index in [0.717, 1.165) is 5.56 Å². The molecule has 0 heterocycles. The molecule has 0 aromatic heterocycles. The van der Waals surface area contributed by atoms with Gasteiger partial charge in [0.05, 0.1) is 0 Å². The van der Waals surface area contributed by atoms with Crippen molar-refractivity contribution in [1.82, 2.24) is 0 Å². The molecule has 0 radical (unpaired) electrons. The van der Waals surface area contributed by atoms with E-state index >= 15 is 0 Å². The van der Waals surface area contributed by atoms with Crippen LogP contribution < -0.4 is 5.73 Å². The molecule has 0 aliphatic rings. The van der Waals surface area contributed by atoms with Crippen molar-refractivity contribution >= 4 is 0 Å². The van der Waals surface area contributed by atoms with Gasteiger partial charge in [-0.15, -0.1) is 0 Å². The van der Waals surface area contributed by atoms with E-state index in [4.69, 9.17) is 10.8 Å². The molecule has 3 N–H and O–H groups in total. The summed E-state index contributed by atoms with van der Waals surface area (Å²) in [5, 5.41) is 9.03. The standard InChI is InChI=1S/C10H14FNO/c1-7(10(12)6-11)8-2-4-9(13)5-3-8/h2-5,7,10,13H,6,12H2,1H3.